The zero-order chi connectivity index (χ0) is 20.4. The van der Waals surface area contributed by atoms with Crippen molar-refractivity contribution in [2.45, 2.75) is 0 Å². The number of nitrogen functional groups attached to an aromatic ring is 1. The van der Waals surface area contributed by atoms with E-state index in [0.717, 1.165) is 22.5 Å². The predicted molar refractivity (Wildman–Crippen MR) is 116 cm³/mol. The van der Waals surface area contributed by atoms with E-state index >= 15 is 0 Å². The van der Waals surface area contributed by atoms with Crippen LogP contribution in [0.5, 0.6) is 11.5 Å². The summed E-state index contributed by atoms with van der Waals surface area (Å²) in [6, 6.07) is 20.6. The van der Waals surface area contributed by atoms with Crippen LogP contribution in [0, 0.1) is 0 Å². The van der Waals surface area contributed by atoms with E-state index in [2.05, 4.69) is 10.6 Å². The molecular formula is C23H21N3O3. The van der Waals surface area contributed by atoms with Crippen molar-refractivity contribution >= 4 is 34.2 Å². The topological polar surface area (TPSA) is 85.6 Å². The molecule has 0 spiro atoms. The van der Waals surface area contributed by atoms with Crippen LogP contribution >= 0.6 is 0 Å². The fraction of sp³-hybridized carbons (Fsp3) is 0.0870. The lowest BCUT2D eigenvalue weighted by Gasteiger charge is -2.16. The highest BCUT2D eigenvalue weighted by Crippen LogP contribution is 2.39. The lowest BCUT2D eigenvalue weighted by molar-refractivity contribution is -0.110. The molecule has 0 aliphatic carbocycles. The largest absolute Gasteiger partial charge is 0.493 e. The van der Waals surface area contributed by atoms with E-state index in [1.54, 1.807) is 20.3 Å². The Balaban J connectivity index is 1.88. The maximum absolute atomic E-state index is 12.9. The summed E-state index contributed by atoms with van der Waals surface area (Å²) in [6.45, 7) is 0. The molecule has 0 radical (unpaired) electrons. The minimum Gasteiger partial charge on any atom is -0.493 e. The Kier molecular flexibility index (Phi) is 4.83. The molecule has 0 saturated heterocycles. The maximum atomic E-state index is 12.9. The van der Waals surface area contributed by atoms with Crippen molar-refractivity contribution in [3.8, 4) is 11.5 Å². The maximum Gasteiger partial charge on any atom is 0.258 e. The third-order valence-electron chi connectivity index (χ3n) is 4.75. The molecule has 1 aliphatic rings. The molecule has 0 atom stereocenters. The monoisotopic (exact) mass is 387 g/mol. The van der Waals surface area contributed by atoms with E-state index in [0.29, 0.717) is 28.5 Å². The number of benzene rings is 3. The number of fused-ring (bicyclic) bond motifs is 1. The van der Waals surface area contributed by atoms with E-state index < -0.39 is 0 Å². The van der Waals surface area contributed by atoms with Gasteiger partial charge in [0.2, 0.25) is 0 Å². The van der Waals surface area contributed by atoms with Crippen LogP contribution in [0.2, 0.25) is 0 Å². The molecule has 0 fully saturated rings. The molecule has 4 N–H and O–H groups in total. The summed E-state index contributed by atoms with van der Waals surface area (Å²) in [7, 11) is 3.17. The second kappa shape index (κ2) is 7.59. The number of ether oxygens (including phenoxy) is 2. The van der Waals surface area contributed by atoms with Crippen molar-refractivity contribution in [3.05, 3.63) is 77.9 Å². The second-order valence-corrected chi connectivity index (χ2v) is 6.57. The van der Waals surface area contributed by atoms with Crippen LogP contribution in [0.25, 0.3) is 11.3 Å². The molecule has 0 saturated carbocycles. The van der Waals surface area contributed by atoms with Crippen LogP contribution in [0.4, 0.5) is 17.1 Å². The first-order valence-corrected chi connectivity index (χ1v) is 9.10. The molecule has 0 aromatic heterocycles. The van der Waals surface area contributed by atoms with Gasteiger partial charge in [-0.05, 0) is 35.9 Å². The molecule has 1 aliphatic heterocycles. The minimum absolute atomic E-state index is 0.183. The van der Waals surface area contributed by atoms with Gasteiger partial charge in [0.25, 0.3) is 5.91 Å². The number of nitrogens with two attached hydrogens (primary N) is 1. The van der Waals surface area contributed by atoms with Crippen LogP contribution in [0.3, 0.4) is 0 Å². The van der Waals surface area contributed by atoms with Gasteiger partial charge < -0.3 is 25.8 Å². The summed E-state index contributed by atoms with van der Waals surface area (Å²) in [4.78, 5) is 12.9. The molecule has 1 heterocycles. The number of nitrogens with one attached hydrogen (secondary N) is 2. The van der Waals surface area contributed by atoms with Crippen LogP contribution in [0.15, 0.2) is 66.7 Å². The van der Waals surface area contributed by atoms with Gasteiger partial charge in [0, 0.05) is 28.7 Å². The second-order valence-electron chi connectivity index (χ2n) is 6.57. The fourth-order valence-electron chi connectivity index (χ4n) is 3.38. The Morgan fingerprint density at radius 3 is 2.41 bits per heavy atom. The van der Waals surface area contributed by atoms with Gasteiger partial charge in [0.15, 0.2) is 11.5 Å². The number of carbonyl (C=O) groups excluding carboxylic acids is 1. The molecule has 0 bridgehead atoms. The smallest absolute Gasteiger partial charge is 0.258 e. The third-order valence-corrected chi connectivity index (χ3v) is 4.75. The summed E-state index contributed by atoms with van der Waals surface area (Å²) in [5.41, 5.74) is 10.9. The number of amides is 1. The predicted octanol–water partition coefficient (Wildman–Crippen LogP) is 4.22. The van der Waals surface area contributed by atoms with Gasteiger partial charge in [0.1, 0.15) is 0 Å². The fourth-order valence-corrected chi connectivity index (χ4v) is 3.38. The lowest BCUT2D eigenvalue weighted by atomic mass is 9.99. The number of anilines is 3. The van der Waals surface area contributed by atoms with Crippen LogP contribution < -0.4 is 25.8 Å². The first-order valence-electron chi connectivity index (χ1n) is 9.10. The molecule has 3 aromatic carbocycles. The van der Waals surface area contributed by atoms with E-state index in [1.807, 2.05) is 60.7 Å². The van der Waals surface area contributed by atoms with Gasteiger partial charge >= 0.3 is 0 Å². The lowest BCUT2D eigenvalue weighted by Crippen LogP contribution is -2.10. The van der Waals surface area contributed by atoms with Gasteiger partial charge in [-0.2, -0.15) is 0 Å². The number of hydrogen-bond donors (Lipinski definition) is 3. The normalized spacial score (nSPS) is 14.1. The molecule has 6 heteroatoms. The average molecular weight is 387 g/mol. The molecule has 6 nitrogen and oxygen atoms in total. The Hall–Kier alpha value is -3.93. The zero-order valence-electron chi connectivity index (χ0n) is 16.2. The van der Waals surface area contributed by atoms with E-state index in [9.17, 15) is 4.79 Å². The van der Waals surface area contributed by atoms with E-state index in [4.69, 9.17) is 15.2 Å². The van der Waals surface area contributed by atoms with E-state index in [-0.39, 0.29) is 5.91 Å². The standard InChI is InChI=1S/C23H21N3O3/c1-28-19-11-9-16(13-20(19)29-2)25-22(14-6-4-3-5-7-14)21-17-12-15(24)8-10-18(17)26-23(21)27/h3-13,25H,24H2,1-2H3,(H,26,27). The third kappa shape index (κ3) is 3.48. The average Bonchev–Trinajstić information content (AvgIpc) is 3.07. The van der Waals surface area contributed by atoms with Gasteiger partial charge in [0.05, 0.1) is 25.5 Å². The summed E-state index contributed by atoms with van der Waals surface area (Å²) in [6.07, 6.45) is 0. The van der Waals surface area contributed by atoms with Crippen molar-refractivity contribution in [1.82, 2.24) is 0 Å². The number of methoxy groups -OCH3 is 2. The highest BCUT2D eigenvalue weighted by atomic mass is 16.5. The zero-order valence-corrected chi connectivity index (χ0v) is 16.2. The Bertz CT molecular complexity index is 1110. The summed E-state index contributed by atoms with van der Waals surface area (Å²) in [5, 5.41) is 6.31. The quantitative estimate of drug-likeness (QED) is 0.451. The van der Waals surface area contributed by atoms with E-state index in [1.165, 1.54) is 0 Å². The first-order chi connectivity index (χ1) is 14.1. The van der Waals surface area contributed by atoms with Gasteiger partial charge in [-0.25, -0.2) is 0 Å². The molecule has 3 aromatic rings. The van der Waals surface area contributed by atoms with Crippen molar-refractivity contribution in [2.24, 2.45) is 0 Å². The summed E-state index contributed by atoms with van der Waals surface area (Å²) >= 11 is 0. The summed E-state index contributed by atoms with van der Waals surface area (Å²) < 4.78 is 10.7. The molecular weight excluding hydrogens is 366 g/mol. The van der Waals surface area contributed by atoms with Gasteiger partial charge in [-0.1, -0.05) is 30.3 Å². The van der Waals surface area contributed by atoms with Crippen LogP contribution in [-0.2, 0) is 4.79 Å². The molecule has 146 valence electrons. The Morgan fingerprint density at radius 2 is 1.69 bits per heavy atom. The highest BCUT2D eigenvalue weighted by molar-refractivity contribution is 6.37. The molecule has 0 unspecified atom stereocenters. The molecule has 29 heavy (non-hydrogen) atoms. The van der Waals surface area contributed by atoms with Crippen molar-refractivity contribution in [3.63, 3.8) is 0 Å². The number of carbonyl (C=O) groups is 1. The summed E-state index contributed by atoms with van der Waals surface area (Å²) in [5.74, 6) is 1.04. The SMILES string of the molecule is COc1ccc(NC(=C2C(=O)Nc3ccc(N)cc32)c2ccccc2)cc1OC. The van der Waals surface area contributed by atoms with Crippen LogP contribution in [0.1, 0.15) is 11.1 Å². The minimum atomic E-state index is -0.183. The van der Waals surface area contributed by atoms with Gasteiger partial charge in [-0.15, -0.1) is 0 Å². The van der Waals surface area contributed by atoms with Crippen molar-refractivity contribution < 1.29 is 14.3 Å². The van der Waals surface area contributed by atoms with Gasteiger partial charge in [-0.3, -0.25) is 4.79 Å². The highest BCUT2D eigenvalue weighted by Gasteiger charge is 2.28. The molecule has 4 rings (SSSR count). The van der Waals surface area contributed by atoms with Crippen molar-refractivity contribution in [1.29, 1.82) is 0 Å². The number of hydrogen-bond acceptors (Lipinski definition) is 5. The number of rotatable bonds is 5. The van der Waals surface area contributed by atoms with Crippen LogP contribution in [-0.4, -0.2) is 20.1 Å². The first kappa shape index (κ1) is 18.4. The molecule has 1 amide bonds. The Labute approximate surface area is 169 Å². The Morgan fingerprint density at radius 1 is 0.931 bits per heavy atom. The van der Waals surface area contributed by atoms with Crippen molar-refractivity contribution in [2.75, 3.05) is 30.6 Å².